The Morgan fingerprint density at radius 1 is 0.202 bits per heavy atom. The van der Waals surface area contributed by atoms with Crippen LogP contribution in [0.25, 0.3) is 68.8 Å². The Bertz CT molecular complexity index is 3520. The van der Waals surface area contributed by atoms with Crippen molar-refractivity contribution in [3.63, 3.8) is 0 Å². The Balaban J connectivity index is 1.20. The van der Waals surface area contributed by atoms with Crippen molar-refractivity contribution in [2.45, 2.75) is 0 Å². The molecule has 84 heavy (non-hydrogen) atoms. The first kappa shape index (κ1) is 55.6. The van der Waals surface area contributed by atoms with E-state index in [-0.39, 0.29) is 34.5 Å². The van der Waals surface area contributed by atoms with E-state index in [0.29, 0.717) is 65.7 Å². The van der Waals surface area contributed by atoms with Gasteiger partial charge in [-0.05, 0) is 139 Å². The van der Waals surface area contributed by atoms with E-state index in [9.17, 15) is 28.8 Å². The van der Waals surface area contributed by atoms with Gasteiger partial charge in [0.15, 0.2) is 34.5 Å². The third kappa shape index (κ3) is 14.9. The molecule has 0 spiro atoms. The van der Waals surface area contributed by atoms with Gasteiger partial charge in [0, 0.05) is 36.5 Å². The lowest BCUT2D eigenvalue weighted by atomic mass is 9.93. The second kappa shape index (κ2) is 26.9. The maximum atomic E-state index is 13.8. The van der Waals surface area contributed by atoms with Gasteiger partial charge in [-0.25, -0.2) is 28.8 Å². The van der Waals surface area contributed by atoms with Gasteiger partial charge in [-0.2, -0.15) is 0 Å². The molecule has 0 saturated carbocycles. The molecule has 12 nitrogen and oxygen atoms in total. The predicted octanol–water partition coefficient (Wildman–Crippen LogP) is 14.9. The third-order valence-electron chi connectivity index (χ3n) is 12.7. The second-order valence-corrected chi connectivity index (χ2v) is 18.5. The van der Waals surface area contributed by atoms with Crippen molar-refractivity contribution in [3.05, 3.63) is 288 Å². The summed E-state index contributed by atoms with van der Waals surface area (Å²) in [6.07, 6.45) is 16.7. The van der Waals surface area contributed by atoms with Crippen LogP contribution in [0, 0.1) is 0 Å². The number of esters is 6. The molecule has 408 valence electrons. The van der Waals surface area contributed by atoms with Gasteiger partial charge in [0.1, 0.15) is 0 Å². The number of hydrogen-bond donors (Lipinski definition) is 0. The van der Waals surface area contributed by atoms with Crippen LogP contribution in [0.4, 0.5) is 0 Å². The zero-order chi connectivity index (χ0) is 58.0. The smallest absolute Gasteiger partial charge is 0.336 e. The second-order valence-electron chi connectivity index (χ2n) is 18.5. The van der Waals surface area contributed by atoms with Gasteiger partial charge >= 0.3 is 35.8 Å². The molecule has 0 fully saturated rings. The fourth-order valence-electron chi connectivity index (χ4n) is 8.72. The van der Waals surface area contributed by atoms with Gasteiger partial charge in [0.05, 0.1) is 0 Å². The standard InChI is InChI=1S/C72H48O12/c73-67(37-31-49-19-7-1-8-20-49)79-61-43-55-56(44-62(61)80-68(74)38-32-50-21-9-2-10-22-50)58-46-64(82-70(76)40-34-52-25-13-4-14-26-52)66(84-72(78)42-36-54-29-17-6-18-30-54)48-60(58)59-47-65(83-71(77)41-35-53-27-15-5-16-28-53)63(45-57(55)59)81-69(75)39-33-51-23-11-3-12-24-51/h1-48H. The molecule has 0 heterocycles. The predicted molar refractivity (Wildman–Crippen MR) is 326 cm³/mol. The Morgan fingerprint density at radius 2 is 0.333 bits per heavy atom. The Kier molecular flexibility index (Phi) is 17.8. The number of rotatable bonds is 18. The number of carbonyl (C=O) groups excluding carboxylic acids is 6. The fraction of sp³-hybridized carbons (Fsp3) is 0. The van der Waals surface area contributed by atoms with Crippen molar-refractivity contribution in [1.29, 1.82) is 0 Å². The molecular formula is C72H48O12. The van der Waals surface area contributed by atoms with Crippen molar-refractivity contribution in [1.82, 2.24) is 0 Å². The van der Waals surface area contributed by atoms with Crippen LogP contribution < -0.4 is 28.4 Å². The molecule has 0 saturated heterocycles. The van der Waals surface area contributed by atoms with Crippen LogP contribution in [0.15, 0.2) is 255 Å². The highest BCUT2D eigenvalue weighted by Gasteiger charge is 2.24. The summed E-state index contributed by atoms with van der Waals surface area (Å²) in [5.74, 6) is -6.19. The van der Waals surface area contributed by atoms with E-state index in [1.54, 1.807) is 109 Å². The monoisotopic (exact) mass is 1100 g/mol. The van der Waals surface area contributed by atoms with Gasteiger partial charge < -0.3 is 28.4 Å². The van der Waals surface area contributed by atoms with Crippen LogP contribution in [-0.2, 0) is 28.8 Å². The summed E-state index contributed by atoms with van der Waals surface area (Å²) in [7, 11) is 0. The average Bonchev–Trinajstić information content (AvgIpc) is 2.80. The summed E-state index contributed by atoms with van der Waals surface area (Å²) >= 11 is 0. The minimum Gasteiger partial charge on any atom is -0.419 e. The minimum absolute atomic E-state index is 0.202. The van der Waals surface area contributed by atoms with Crippen LogP contribution in [0.5, 0.6) is 34.5 Å². The summed E-state index contributed by atoms with van der Waals surface area (Å²) in [4.78, 5) is 83.0. The third-order valence-corrected chi connectivity index (χ3v) is 12.7. The van der Waals surface area contributed by atoms with Crippen molar-refractivity contribution in [2.75, 3.05) is 0 Å². The molecule has 0 atom stereocenters. The van der Waals surface area contributed by atoms with Crippen LogP contribution in [0.2, 0.25) is 0 Å². The number of hydrogen-bond acceptors (Lipinski definition) is 12. The average molecular weight is 1110 g/mol. The lowest BCUT2D eigenvalue weighted by Crippen LogP contribution is -2.10. The maximum absolute atomic E-state index is 13.8. The van der Waals surface area contributed by atoms with E-state index >= 15 is 0 Å². The van der Waals surface area contributed by atoms with Crippen LogP contribution >= 0.6 is 0 Å². The number of benzene rings is 10. The molecule has 10 aromatic rings. The molecule has 0 aromatic heterocycles. The maximum Gasteiger partial charge on any atom is 0.336 e. The Morgan fingerprint density at radius 3 is 0.464 bits per heavy atom. The largest absolute Gasteiger partial charge is 0.419 e. The van der Waals surface area contributed by atoms with E-state index in [1.807, 2.05) is 109 Å². The zero-order valence-electron chi connectivity index (χ0n) is 44.6. The van der Waals surface area contributed by atoms with Gasteiger partial charge in [-0.3, -0.25) is 0 Å². The summed E-state index contributed by atoms with van der Waals surface area (Å²) in [6, 6.07) is 63.2. The van der Waals surface area contributed by atoms with Crippen LogP contribution in [-0.4, -0.2) is 35.8 Å². The molecular weight excluding hydrogens is 1060 g/mol. The summed E-state index contributed by atoms with van der Waals surface area (Å²) in [5, 5.41) is 1.85. The summed E-state index contributed by atoms with van der Waals surface area (Å²) < 4.78 is 36.2. The Labute approximate surface area is 482 Å². The van der Waals surface area contributed by atoms with Gasteiger partial charge in [-0.1, -0.05) is 182 Å². The molecule has 0 aliphatic heterocycles. The first-order chi connectivity index (χ1) is 41.1. The molecule has 0 aliphatic rings. The molecule has 10 aromatic carbocycles. The van der Waals surface area contributed by atoms with Gasteiger partial charge in [0.25, 0.3) is 0 Å². The van der Waals surface area contributed by atoms with E-state index in [4.69, 9.17) is 28.4 Å². The van der Waals surface area contributed by atoms with Crippen LogP contribution in [0.3, 0.4) is 0 Å². The lowest BCUT2D eigenvalue weighted by molar-refractivity contribution is -0.131. The molecule has 0 N–H and O–H groups in total. The van der Waals surface area contributed by atoms with Crippen molar-refractivity contribution >= 4 is 105 Å². The molecule has 0 bridgehead atoms. The van der Waals surface area contributed by atoms with Gasteiger partial charge in [-0.15, -0.1) is 0 Å². The first-order valence-electron chi connectivity index (χ1n) is 26.3. The SMILES string of the molecule is O=C(C=Cc1ccccc1)Oc1cc2c3cc(OC(=O)C=Cc4ccccc4)c(OC(=O)C=Cc4ccccc4)cc3c3cc(OC(=O)C=Cc4ccccc4)c(OC(=O)C=Cc4ccccc4)cc3c2cc1OC(=O)C=Cc1ccccc1. The number of fused-ring (bicyclic) bond motifs is 6. The molecule has 0 aliphatic carbocycles. The summed E-state index contributed by atoms with van der Waals surface area (Å²) in [6.45, 7) is 0. The van der Waals surface area contributed by atoms with E-state index in [2.05, 4.69) is 0 Å². The highest BCUT2D eigenvalue weighted by molar-refractivity contribution is 6.27. The van der Waals surface area contributed by atoms with Crippen molar-refractivity contribution in [3.8, 4) is 34.5 Å². The summed E-state index contributed by atoms with van der Waals surface area (Å²) in [5.41, 5.74) is 4.25. The Hall–Kier alpha value is -11.8. The molecule has 0 amide bonds. The number of ether oxygens (including phenoxy) is 6. The molecule has 10 rings (SSSR count). The number of carbonyl (C=O) groups is 6. The highest BCUT2D eigenvalue weighted by Crippen LogP contribution is 2.47. The van der Waals surface area contributed by atoms with E-state index < -0.39 is 35.8 Å². The normalized spacial score (nSPS) is 11.6. The fourth-order valence-corrected chi connectivity index (χ4v) is 8.72. The minimum atomic E-state index is -0.830. The topological polar surface area (TPSA) is 158 Å². The van der Waals surface area contributed by atoms with Crippen molar-refractivity contribution in [2.24, 2.45) is 0 Å². The quantitative estimate of drug-likeness (QED) is 0.0347. The highest BCUT2D eigenvalue weighted by atomic mass is 16.6. The van der Waals surface area contributed by atoms with Crippen molar-refractivity contribution < 1.29 is 57.2 Å². The zero-order valence-corrected chi connectivity index (χ0v) is 44.6. The van der Waals surface area contributed by atoms with Gasteiger partial charge in [0.2, 0.25) is 0 Å². The molecule has 0 radical (unpaired) electrons. The van der Waals surface area contributed by atoms with E-state index in [0.717, 1.165) is 0 Å². The molecule has 12 heteroatoms. The van der Waals surface area contributed by atoms with Crippen LogP contribution in [0.1, 0.15) is 33.4 Å². The first-order valence-corrected chi connectivity index (χ1v) is 26.3. The molecule has 0 unspecified atom stereocenters. The lowest BCUT2D eigenvalue weighted by Gasteiger charge is -2.18. The van der Waals surface area contributed by atoms with E-state index in [1.165, 1.54) is 72.9 Å².